The molecule has 1 aromatic carbocycles. The highest BCUT2D eigenvalue weighted by atomic mass is 16.3. The highest BCUT2D eigenvalue weighted by Gasteiger charge is 2.21. The van der Waals surface area contributed by atoms with Gasteiger partial charge < -0.3 is 20.7 Å². The molecule has 2 aromatic rings. The third-order valence-corrected chi connectivity index (χ3v) is 4.70. The number of pyridine rings is 1. The molecule has 6 nitrogen and oxygen atoms in total. The SMILES string of the molecule is Nc1cccc2c1c(=O)c(C(=O)NCCO)cn2C1CCCCC1. The Bertz CT molecular complexity index is 807. The van der Waals surface area contributed by atoms with Crippen molar-refractivity contribution in [2.24, 2.45) is 0 Å². The van der Waals surface area contributed by atoms with Crippen LogP contribution in [0, 0.1) is 0 Å². The molecule has 6 heteroatoms. The minimum absolute atomic E-state index is 0.0828. The van der Waals surface area contributed by atoms with E-state index in [1.165, 1.54) is 6.42 Å². The summed E-state index contributed by atoms with van der Waals surface area (Å²) in [5, 5.41) is 11.9. The number of carbonyl (C=O) groups is 1. The summed E-state index contributed by atoms with van der Waals surface area (Å²) in [4.78, 5) is 25.1. The van der Waals surface area contributed by atoms with Crippen LogP contribution in [0.1, 0.15) is 48.5 Å². The Labute approximate surface area is 140 Å². The van der Waals surface area contributed by atoms with Crippen molar-refractivity contribution < 1.29 is 9.90 Å². The maximum atomic E-state index is 12.8. The van der Waals surface area contributed by atoms with Crippen molar-refractivity contribution in [3.8, 4) is 0 Å². The standard InChI is InChI=1S/C18H23N3O3/c19-14-7-4-8-15-16(14)17(23)13(18(24)20-9-10-22)11-21(15)12-5-2-1-3-6-12/h4,7-8,11-12,22H,1-3,5-6,9-10,19H2,(H,20,24). The summed E-state index contributed by atoms with van der Waals surface area (Å²) >= 11 is 0. The Hall–Kier alpha value is -2.34. The number of nitrogens with two attached hydrogens (primary N) is 1. The number of carbonyl (C=O) groups excluding carboxylic acids is 1. The van der Waals surface area contributed by atoms with Gasteiger partial charge in [0.2, 0.25) is 5.43 Å². The third-order valence-electron chi connectivity index (χ3n) is 4.70. The second kappa shape index (κ2) is 7.05. The molecule has 1 aliphatic carbocycles. The summed E-state index contributed by atoms with van der Waals surface area (Å²) in [7, 11) is 0. The number of amides is 1. The summed E-state index contributed by atoms with van der Waals surface area (Å²) in [5.74, 6) is -0.469. The molecule has 1 aromatic heterocycles. The maximum Gasteiger partial charge on any atom is 0.256 e. The van der Waals surface area contributed by atoms with Gasteiger partial charge in [-0.1, -0.05) is 25.3 Å². The molecule has 4 N–H and O–H groups in total. The second-order valence-corrected chi connectivity index (χ2v) is 6.29. The van der Waals surface area contributed by atoms with Gasteiger partial charge in [0.25, 0.3) is 5.91 Å². The average Bonchev–Trinajstić information content (AvgIpc) is 2.60. The van der Waals surface area contributed by atoms with Gasteiger partial charge in [-0.2, -0.15) is 0 Å². The molecule has 128 valence electrons. The number of anilines is 1. The minimum atomic E-state index is -0.469. The molecule has 0 unspecified atom stereocenters. The third kappa shape index (κ3) is 3.01. The van der Waals surface area contributed by atoms with E-state index >= 15 is 0 Å². The molecule has 3 rings (SSSR count). The largest absolute Gasteiger partial charge is 0.398 e. The van der Waals surface area contributed by atoms with Crippen LogP contribution in [0.4, 0.5) is 5.69 Å². The zero-order chi connectivity index (χ0) is 17.1. The van der Waals surface area contributed by atoms with E-state index in [4.69, 9.17) is 10.8 Å². The number of benzene rings is 1. The normalized spacial score (nSPS) is 15.5. The lowest BCUT2D eigenvalue weighted by molar-refractivity contribution is 0.0943. The van der Waals surface area contributed by atoms with Crippen molar-refractivity contribution in [1.82, 2.24) is 9.88 Å². The molecule has 0 bridgehead atoms. The Morgan fingerprint density at radius 1 is 1.29 bits per heavy atom. The van der Waals surface area contributed by atoms with Gasteiger partial charge in [-0.25, -0.2) is 0 Å². The fraction of sp³-hybridized carbons (Fsp3) is 0.444. The first-order chi connectivity index (χ1) is 11.6. The van der Waals surface area contributed by atoms with Gasteiger partial charge >= 0.3 is 0 Å². The molecule has 0 saturated heterocycles. The van der Waals surface area contributed by atoms with E-state index in [0.717, 1.165) is 31.2 Å². The van der Waals surface area contributed by atoms with E-state index in [1.54, 1.807) is 12.3 Å². The Morgan fingerprint density at radius 2 is 2.04 bits per heavy atom. The average molecular weight is 329 g/mol. The second-order valence-electron chi connectivity index (χ2n) is 6.29. The first kappa shape index (κ1) is 16.5. The van der Waals surface area contributed by atoms with Crippen LogP contribution in [0.5, 0.6) is 0 Å². The molecule has 0 aliphatic heterocycles. The van der Waals surface area contributed by atoms with Crippen molar-refractivity contribution in [3.63, 3.8) is 0 Å². The van der Waals surface area contributed by atoms with E-state index in [0.29, 0.717) is 11.1 Å². The van der Waals surface area contributed by atoms with E-state index in [1.807, 2.05) is 16.7 Å². The molecule has 0 spiro atoms. The molecule has 0 radical (unpaired) electrons. The van der Waals surface area contributed by atoms with Crippen molar-refractivity contribution >= 4 is 22.5 Å². The predicted octanol–water partition coefficient (Wildman–Crippen LogP) is 1.81. The first-order valence-electron chi connectivity index (χ1n) is 8.46. The molecule has 1 heterocycles. The summed E-state index contributed by atoms with van der Waals surface area (Å²) in [6.45, 7) is -0.0533. The van der Waals surface area contributed by atoms with Crippen LogP contribution in [0.3, 0.4) is 0 Å². The first-order valence-corrected chi connectivity index (χ1v) is 8.46. The maximum absolute atomic E-state index is 12.8. The summed E-state index contributed by atoms with van der Waals surface area (Å²) in [6.07, 6.45) is 7.24. The van der Waals surface area contributed by atoms with E-state index in [2.05, 4.69) is 5.32 Å². The van der Waals surface area contributed by atoms with E-state index in [-0.39, 0.29) is 30.2 Å². The van der Waals surface area contributed by atoms with Gasteiger partial charge in [0.05, 0.1) is 17.5 Å². The number of nitrogen functional groups attached to an aromatic ring is 1. The van der Waals surface area contributed by atoms with Crippen LogP contribution < -0.4 is 16.5 Å². The minimum Gasteiger partial charge on any atom is -0.398 e. The molecule has 1 amide bonds. The summed E-state index contributed by atoms with van der Waals surface area (Å²) in [6, 6.07) is 5.68. The number of aliphatic hydroxyl groups is 1. The zero-order valence-corrected chi connectivity index (χ0v) is 13.6. The van der Waals surface area contributed by atoms with Crippen LogP contribution in [0.25, 0.3) is 10.9 Å². The van der Waals surface area contributed by atoms with Gasteiger partial charge in [-0.3, -0.25) is 9.59 Å². The van der Waals surface area contributed by atoms with Crippen molar-refractivity contribution in [1.29, 1.82) is 0 Å². The molecule has 0 atom stereocenters. The smallest absolute Gasteiger partial charge is 0.256 e. The Kier molecular flexibility index (Phi) is 4.85. The van der Waals surface area contributed by atoms with Crippen molar-refractivity contribution in [2.75, 3.05) is 18.9 Å². The fourth-order valence-electron chi connectivity index (χ4n) is 3.51. The molecule has 1 saturated carbocycles. The lowest BCUT2D eigenvalue weighted by Crippen LogP contribution is -2.32. The number of rotatable bonds is 4. The van der Waals surface area contributed by atoms with Crippen LogP contribution in [0.2, 0.25) is 0 Å². The molecular weight excluding hydrogens is 306 g/mol. The molecule has 1 fully saturated rings. The van der Waals surface area contributed by atoms with Crippen LogP contribution in [0.15, 0.2) is 29.2 Å². The molecule has 1 aliphatic rings. The number of nitrogens with zero attached hydrogens (tertiary/aromatic N) is 1. The van der Waals surface area contributed by atoms with Crippen LogP contribution in [-0.2, 0) is 0 Å². The van der Waals surface area contributed by atoms with Gasteiger partial charge in [0.1, 0.15) is 5.56 Å². The number of fused-ring (bicyclic) bond motifs is 1. The van der Waals surface area contributed by atoms with Crippen LogP contribution >= 0.6 is 0 Å². The Balaban J connectivity index is 2.18. The van der Waals surface area contributed by atoms with Crippen molar-refractivity contribution in [3.05, 3.63) is 40.2 Å². The number of aromatic nitrogens is 1. The lowest BCUT2D eigenvalue weighted by Gasteiger charge is -2.27. The quantitative estimate of drug-likeness (QED) is 0.745. The number of hydrogen-bond donors (Lipinski definition) is 3. The van der Waals surface area contributed by atoms with E-state index in [9.17, 15) is 9.59 Å². The van der Waals surface area contributed by atoms with Gasteiger partial charge in [0, 0.05) is 24.5 Å². The zero-order valence-electron chi connectivity index (χ0n) is 13.6. The monoisotopic (exact) mass is 329 g/mol. The van der Waals surface area contributed by atoms with Crippen LogP contribution in [-0.4, -0.2) is 28.7 Å². The molecule has 24 heavy (non-hydrogen) atoms. The highest BCUT2D eigenvalue weighted by Crippen LogP contribution is 2.31. The number of hydrogen-bond acceptors (Lipinski definition) is 4. The van der Waals surface area contributed by atoms with Gasteiger partial charge in [-0.15, -0.1) is 0 Å². The summed E-state index contributed by atoms with van der Waals surface area (Å²) in [5.41, 5.74) is 6.94. The number of nitrogens with one attached hydrogen (secondary N) is 1. The Morgan fingerprint density at radius 3 is 2.75 bits per heavy atom. The predicted molar refractivity (Wildman–Crippen MR) is 94.2 cm³/mol. The van der Waals surface area contributed by atoms with Gasteiger partial charge in [-0.05, 0) is 25.0 Å². The highest BCUT2D eigenvalue weighted by molar-refractivity contribution is 6.00. The van der Waals surface area contributed by atoms with E-state index < -0.39 is 5.91 Å². The lowest BCUT2D eigenvalue weighted by atomic mass is 9.94. The topological polar surface area (TPSA) is 97.3 Å². The fourth-order valence-corrected chi connectivity index (χ4v) is 3.51. The summed E-state index contributed by atoms with van der Waals surface area (Å²) < 4.78 is 2.04. The number of aliphatic hydroxyl groups excluding tert-OH is 1. The van der Waals surface area contributed by atoms with Crippen molar-refractivity contribution in [2.45, 2.75) is 38.1 Å². The van der Waals surface area contributed by atoms with Gasteiger partial charge in [0.15, 0.2) is 0 Å². The molecular formula is C18H23N3O3.